The quantitative estimate of drug-likeness (QED) is 0.702. The predicted octanol–water partition coefficient (Wildman–Crippen LogP) is 0.932. The third-order valence-corrected chi connectivity index (χ3v) is 2.39. The van der Waals surface area contributed by atoms with Gasteiger partial charge in [0.15, 0.2) is 0 Å². The van der Waals surface area contributed by atoms with Crippen LogP contribution in [0.15, 0.2) is 12.3 Å². The Balaban J connectivity index is 2.90. The van der Waals surface area contributed by atoms with Gasteiger partial charge in [-0.15, -0.1) is 0 Å². The van der Waals surface area contributed by atoms with Crippen molar-refractivity contribution in [3.63, 3.8) is 0 Å². The minimum atomic E-state index is -0.270. The van der Waals surface area contributed by atoms with Crippen LogP contribution in [0.3, 0.4) is 0 Å². The molecule has 0 spiro atoms. The van der Waals surface area contributed by atoms with E-state index >= 15 is 0 Å². The molecule has 100 valence electrons. The second kappa shape index (κ2) is 6.78. The van der Waals surface area contributed by atoms with Crippen LogP contribution in [0.5, 0.6) is 0 Å². The molecule has 0 radical (unpaired) electrons. The summed E-state index contributed by atoms with van der Waals surface area (Å²) >= 11 is 0. The number of ether oxygens (including phenoxy) is 1. The van der Waals surface area contributed by atoms with Crippen molar-refractivity contribution in [1.82, 2.24) is 9.97 Å². The molecule has 0 bridgehead atoms. The number of carbonyl (C=O) groups is 1. The molecule has 0 aliphatic rings. The molecule has 1 aromatic rings. The van der Waals surface area contributed by atoms with Gasteiger partial charge in [-0.05, 0) is 12.5 Å². The SMILES string of the molecule is CCCN(CC(=O)OC)c1ccnc(N(C)C)n1. The summed E-state index contributed by atoms with van der Waals surface area (Å²) in [7, 11) is 5.14. The molecule has 0 fully saturated rings. The molecule has 0 amide bonds. The largest absolute Gasteiger partial charge is 0.468 e. The van der Waals surface area contributed by atoms with Crippen molar-refractivity contribution in [1.29, 1.82) is 0 Å². The van der Waals surface area contributed by atoms with E-state index in [9.17, 15) is 4.79 Å². The van der Waals surface area contributed by atoms with Crippen LogP contribution in [0.25, 0.3) is 0 Å². The van der Waals surface area contributed by atoms with Gasteiger partial charge in [-0.3, -0.25) is 4.79 Å². The van der Waals surface area contributed by atoms with E-state index in [-0.39, 0.29) is 12.5 Å². The Labute approximate surface area is 108 Å². The third kappa shape index (κ3) is 3.87. The van der Waals surface area contributed by atoms with Crippen molar-refractivity contribution < 1.29 is 9.53 Å². The van der Waals surface area contributed by atoms with Gasteiger partial charge in [0, 0.05) is 26.8 Å². The van der Waals surface area contributed by atoms with E-state index in [0.717, 1.165) is 18.8 Å². The van der Waals surface area contributed by atoms with E-state index in [1.807, 2.05) is 23.9 Å². The summed E-state index contributed by atoms with van der Waals surface area (Å²) in [5, 5.41) is 0. The zero-order valence-corrected chi connectivity index (χ0v) is 11.4. The molecule has 0 aromatic carbocycles. The van der Waals surface area contributed by atoms with E-state index in [0.29, 0.717) is 5.95 Å². The maximum absolute atomic E-state index is 11.4. The highest BCUT2D eigenvalue weighted by atomic mass is 16.5. The summed E-state index contributed by atoms with van der Waals surface area (Å²) in [5.74, 6) is 1.09. The van der Waals surface area contributed by atoms with Gasteiger partial charge in [0.1, 0.15) is 12.4 Å². The third-order valence-electron chi connectivity index (χ3n) is 2.39. The van der Waals surface area contributed by atoms with Crippen molar-refractivity contribution in [3.8, 4) is 0 Å². The summed E-state index contributed by atoms with van der Waals surface area (Å²) in [6.45, 7) is 3.01. The number of aromatic nitrogens is 2. The Hall–Kier alpha value is -1.85. The molecule has 0 N–H and O–H groups in total. The predicted molar refractivity (Wildman–Crippen MR) is 70.9 cm³/mol. The first kappa shape index (κ1) is 14.2. The van der Waals surface area contributed by atoms with Gasteiger partial charge in [0.05, 0.1) is 7.11 Å². The average molecular weight is 252 g/mol. The lowest BCUT2D eigenvalue weighted by Gasteiger charge is -2.22. The maximum Gasteiger partial charge on any atom is 0.325 e. The van der Waals surface area contributed by atoms with E-state index in [1.54, 1.807) is 12.3 Å². The minimum absolute atomic E-state index is 0.203. The molecule has 6 heteroatoms. The van der Waals surface area contributed by atoms with E-state index in [4.69, 9.17) is 4.74 Å². The highest BCUT2D eigenvalue weighted by Crippen LogP contribution is 2.13. The van der Waals surface area contributed by atoms with Gasteiger partial charge < -0.3 is 14.5 Å². The van der Waals surface area contributed by atoms with Crippen LogP contribution in [0, 0.1) is 0 Å². The fraction of sp³-hybridized carbons (Fsp3) is 0.583. The van der Waals surface area contributed by atoms with E-state index in [2.05, 4.69) is 16.9 Å². The summed E-state index contributed by atoms with van der Waals surface area (Å²) in [4.78, 5) is 23.7. The number of esters is 1. The van der Waals surface area contributed by atoms with Crippen LogP contribution in [-0.2, 0) is 9.53 Å². The molecule has 0 saturated heterocycles. The van der Waals surface area contributed by atoms with Gasteiger partial charge in [-0.1, -0.05) is 6.92 Å². The molecule has 1 rings (SSSR count). The second-order valence-corrected chi connectivity index (χ2v) is 4.11. The lowest BCUT2D eigenvalue weighted by atomic mass is 10.4. The van der Waals surface area contributed by atoms with Crippen molar-refractivity contribution in [2.24, 2.45) is 0 Å². The maximum atomic E-state index is 11.4. The van der Waals surface area contributed by atoms with Crippen molar-refractivity contribution in [2.45, 2.75) is 13.3 Å². The molecule has 0 atom stereocenters. The summed E-state index contributed by atoms with van der Waals surface area (Å²) < 4.78 is 4.69. The van der Waals surface area contributed by atoms with E-state index in [1.165, 1.54) is 7.11 Å². The molecule has 0 aliphatic carbocycles. The van der Waals surface area contributed by atoms with Crippen molar-refractivity contribution in [3.05, 3.63) is 12.3 Å². The van der Waals surface area contributed by atoms with Gasteiger partial charge >= 0.3 is 5.97 Å². The Morgan fingerprint density at radius 3 is 2.72 bits per heavy atom. The number of carbonyl (C=O) groups excluding carboxylic acids is 1. The van der Waals surface area contributed by atoms with Crippen molar-refractivity contribution in [2.75, 3.05) is 44.1 Å². The van der Waals surface area contributed by atoms with Gasteiger partial charge in [0.25, 0.3) is 0 Å². The topological polar surface area (TPSA) is 58.6 Å². The zero-order valence-electron chi connectivity index (χ0n) is 11.4. The Morgan fingerprint density at radius 2 is 2.17 bits per heavy atom. The summed E-state index contributed by atoms with van der Waals surface area (Å²) in [5.41, 5.74) is 0. The van der Waals surface area contributed by atoms with Crippen LogP contribution in [0.2, 0.25) is 0 Å². The zero-order chi connectivity index (χ0) is 13.5. The summed E-state index contributed by atoms with van der Waals surface area (Å²) in [6, 6.07) is 1.80. The molecule has 1 aromatic heterocycles. The standard InChI is InChI=1S/C12H20N4O2/c1-5-8-16(9-11(17)18-4)10-6-7-13-12(14-10)15(2)3/h6-7H,5,8-9H2,1-4H3. The number of hydrogen-bond donors (Lipinski definition) is 0. The number of methoxy groups -OCH3 is 1. The molecule has 1 heterocycles. The van der Waals surface area contributed by atoms with Crippen LogP contribution in [0.4, 0.5) is 11.8 Å². The van der Waals surface area contributed by atoms with Crippen LogP contribution >= 0.6 is 0 Å². The van der Waals surface area contributed by atoms with Crippen molar-refractivity contribution >= 4 is 17.7 Å². The lowest BCUT2D eigenvalue weighted by molar-refractivity contribution is -0.138. The Bertz CT molecular complexity index is 395. The Kier molecular flexibility index (Phi) is 5.35. The number of anilines is 2. The Morgan fingerprint density at radius 1 is 1.44 bits per heavy atom. The van der Waals surface area contributed by atoms with Crippen LogP contribution in [-0.4, -0.2) is 50.2 Å². The highest BCUT2D eigenvalue weighted by Gasteiger charge is 2.13. The molecule has 6 nitrogen and oxygen atoms in total. The first-order valence-corrected chi connectivity index (χ1v) is 5.90. The smallest absolute Gasteiger partial charge is 0.325 e. The summed E-state index contributed by atoms with van der Waals surface area (Å²) in [6.07, 6.45) is 2.62. The molecular formula is C12H20N4O2. The molecule has 0 unspecified atom stereocenters. The highest BCUT2D eigenvalue weighted by molar-refractivity contribution is 5.75. The normalized spacial score (nSPS) is 10.0. The second-order valence-electron chi connectivity index (χ2n) is 4.11. The van der Waals surface area contributed by atoms with Gasteiger partial charge in [-0.2, -0.15) is 4.98 Å². The minimum Gasteiger partial charge on any atom is -0.468 e. The first-order valence-electron chi connectivity index (χ1n) is 5.90. The van der Waals surface area contributed by atoms with E-state index < -0.39 is 0 Å². The number of nitrogens with zero attached hydrogens (tertiary/aromatic N) is 4. The first-order chi connectivity index (χ1) is 8.58. The number of rotatable bonds is 6. The van der Waals surface area contributed by atoms with Gasteiger partial charge in [0.2, 0.25) is 5.95 Å². The molecule has 0 saturated carbocycles. The molecular weight excluding hydrogens is 232 g/mol. The number of hydrogen-bond acceptors (Lipinski definition) is 6. The molecule has 0 aliphatic heterocycles. The fourth-order valence-corrected chi connectivity index (χ4v) is 1.50. The monoisotopic (exact) mass is 252 g/mol. The van der Waals surface area contributed by atoms with Crippen LogP contribution in [0.1, 0.15) is 13.3 Å². The molecule has 18 heavy (non-hydrogen) atoms. The van der Waals surface area contributed by atoms with Crippen LogP contribution < -0.4 is 9.80 Å². The average Bonchev–Trinajstić information content (AvgIpc) is 2.38. The lowest BCUT2D eigenvalue weighted by Crippen LogP contribution is -2.32. The fourth-order valence-electron chi connectivity index (χ4n) is 1.50. The van der Waals surface area contributed by atoms with Gasteiger partial charge in [-0.25, -0.2) is 4.98 Å².